The van der Waals surface area contributed by atoms with E-state index in [1.54, 1.807) is 12.1 Å². The molecule has 6 heteroatoms. The first-order valence-electron chi connectivity index (χ1n) is 9.35. The number of benzene rings is 1. The summed E-state index contributed by atoms with van der Waals surface area (Å²) in [6.07, 6.45) is 8.96. The van der Waals surface area contributed by atoms with E-state index in [1.807, 2.05) is 25.1 Å². The lowest BCUT2D eigenvalue weighted by atomic mass is 9.84. The molecule has 4 unspecified atom stereocenters. The second-order valence-electron chi connectivity index (χ2n) is 7.54. The van der Waals surface area contributed by atoms with Crippen LogP contribution in [0.25, 0.3) is 0 Å². The number of carbonyl (C=O) groups is 1. The van der Waals surface area contributed by atoms with Gasteiger partial charge in [-0.25, -0.2) is 13.1 Å². The molecule has 3 rings (SSSR count). The lowest BCUT2D eigenvalue weighted by Crippen LogP contribution is -2.43. The average Bonchev–Trinajstić information content (AvgIpc) is 3.16. The normalized spacial score (nSPS) is 28.0. The smallest absolute Gasteiger partial charge is 0.303 e. The molecule has 2 aliphatic carbocycles. The fourth-order valence-corrected chi connectivity index (χ4v) is 6.10. The van der Waals surface area contributed by atoms with Crippen LogP contribution in [0, 0.1) is 24.7 Å². The molecular formula is C20H27NO4S. The quantitative estimate of drug-likeness (QED) is 0.536. The number of sulfonamides is 1. The van der Waals surface area contributed by atoms with Gasteiger partial charge in [-0.3, -0.25) is 4.79 Å². The number of carboxylic acids is 1. The number of unbranched alkanes of at least 4 members (excludes halogenated alkanes) is 1. The Kier molecular flexibility index (Phi) is 5.82. The van der Waals surface area contributed by atoms with Crippen LogP contribution in [0.3, 0.4) is 0 Å². The Morgan fingerprint density at radius 2 is 2.00 bits per heavy atom. The van der Waals surface area contributed by atoms with Gasteiger partial charge in [0.15, 0.2) is 0 Å². The summed E-state index contributed by atoms with van der Waals surface area (Å²) in [7, 11) is -3.54. The molecule has 2 N–H and O–H groups in total. The third-order valence-electron chi connectivity index (χ3n) is 5.77. The number of rotatable bonds is 8. The zero-order chi connectivity index (χ0) is 18.7. The summed E-state index contributed by atoms with van der Waals surface area (Å²) in [5.41, 5.74) is 0.754. The molecule has 26 heavy (non-hydrogen) atoms. The minimum atomic E-state index is -3.54. The van der Waals surface area contributed by atoms with Crippen LogP contribution in [0.5, 0.6) is 0 Å². The Balaban J connectivity index is 1.70. The van der Waals surface area contributed by atoms with Crippen molar-refractivity contribution in [3.05, 3.63) is 42.0 Å². The summed E-state index contributed by atoms with van der Waals surface area (Å²) in [5.74, 6) is 0.354. The Bertz CT molecular complexity index is 787. The molecule has 5 nitrogen and oxygen atoms in total. The third kappa shape index (κ3) is 4.18. The van der Waals surface area contributed by atoms with Gasteiger partial charge in [0.1, 0.15) is 0 Å². The Labute approximate surface area is 155 Å². The zero-order valence-electron chi connectivity index (χ0n) is 15.1. The maximum Gasteiger partial charge on any atom is 0.303 e. The zero-order valence-corrected chi connectivity index (χ0v) is 15.9. The lowest BCUT2D eigenvalue weighted by molar-refractivity contribution is -0.137. The first-order valence-corrected chi connectivity index (χ1v) is 10.8. The second-order valence-corrected chi connectivity index (χ2v) is 9.22. The molecule has 1 aromatic carbocycles. The second kappa shape index (κ2) is 7.92. The van der Waals surface area contributed by atoms with E-state index in [9.17, 15) is 13.2 Å². The highest BCUT2D eigenvalue weighted by molar-refractivity contribution is 7.89. The van der Waals surface area contributed by atoms with Gasteiger partial charge in [-0.15, -0.1) is 0 Å². The molecule has 0 saturated heterocycles. The molecule has 0 aromatic heterocycles. The highest BCUT2D eigenvalue weighted by Gasteiger charge is 2.47. The molecule has 1 aromatic rings. The molecule has 0 spiro atoms. The number of carboxylic acid groups (broad SMARTS) is 1. The Morgan fingerprint density at radius 1 is 1.27 bits per heavy atom. The van der Waals surface area contributed by atoms with Crippen LogP contribution in [0.1, 0.15) is 44.1 Å². The topological polar surface area (TPSA) is 83.5 Å². The number of nitrogens with one attached hydrogen (secondary N) is 1. The number of fused-ring (bicyclic) bond motifs is 2. The fraction of sp³-hybridized carbons (Fsp3) is 0.550. The van der Waals surface area contributed by atoms with Gasteiger partial charge in [-0.2, -0.15) is 0 Å². The highest BCUT2D eigenvalue weighted by atomic mass is 32.2. The first-order chi connectivity index (χ1) is 12.4. The molecule has 0 amide bonds. The van der Waals surface area contributed by atoms with Crippen LogP contribution in [-0.4, -0.2) is 25.5 Å². The first kappa shape index (κ1) is 19.1. The summed E-state index contributed by atoms with van der Waals surface area (Å²) in [6, 6.07) is 7.00. The number of hydrogen-bond donors (Lipinski definition) is 2. The van der Waals surface area contributed by atoms with Crippen LogP contribution >= 0.6 is 0 Å². The largest absolute Gasteiger partial charge is 0.481 e. The van der Waals surface area contributed by atoms with Crippen LogP contribution in [-0.2, 0) is 14.8 Å². The van der Waals surface area contributed by atoms with Crippen molar-refractivity contribution in [1.29, 1.82) is 0 Å². The summed E-state index contributed by atoms with van der Waals surface area (Å²) in [5, 5.41) is 8.71. The molecule has 2 saturated carbocycles. The third-order valence-corrected chi connectivity index (χ3v) is 7.39. The number of hydrogen-bond acceptors (Lipinski definition) is 3. The van der Waals surface area contributed by atoms with Gasteiger partial charge >= 0.3 is 5.97 Å². The predicted molar refractivity (Wildman–Crippen MR) is 100 cm³/mol. The maximum absolute atomic E-state index is 12.9. The summed E-state index contributed by atoms with van der Waals surface area (Å²) in [6.45, 7) is 1.81. The van der Waals surface area contributed by atoms with Crippen LogP contribution < -0.4 is 4.72 Å². The van der Waals surface area contributed by atoms with Crippen LogP contribution in [0.2, 0.25) is 0 Å². The maximum atomic E-state index is 12.9. The molecular weight excluding hydrogens is 350 g/mol. The summed E-state index contributed by atoms with van der Waals surface area (Å²) >= 11 is 0. The molecule has 2 fully saturated rings. The summed E-state index contributed by atoms with van der Waals surface area (Å²) < 4.78 is 28.7. The van der Waals surface area contributed by atoms with Crippen molar-refractivity contribution in [2.45, 2.75) is 56.4 Å². The van der Waals surface area contributed by atoms with E-state index in [2.05, 4.69) is 10.8 Å². The van der Waals surface area contributed by atoms with E-state index in [-0.39, 0.29) is 18.4 Å². The van der Waals surface area contributed by atoms with Crippen molar-refractivity contribution in [2.75, 3.05) is 0 Å². The molecule has 0 aliphatic heterocycles. The van der Waals surface area contributed by atoms with Gasteiger partial charge in [0, 0.05) is 12.5 Å². The van der Waals surface area contributed by atoms with Gasteiger partial charge in [-0.1, -0.05) is 30.4 Å². The fourth-order valence-electron chi connectivity index (χ4n) is 4.51. The minimum absolute atomic E-state index is 0.0610. The highest BCUT2D eigenvalue weighted by Crippen LogP contribution is 2.49. The SMILES string of the molecule is Cc1ccccc1S(=O)(=O)NC1C2CCC(C2)C1/C=C\CCCC(=O)O. The molecule has 142 valence electrons. The van der Waals surface area contributed by atoms with Gasteiger partial charge < -0.3 is 5.11 Å². The van der Waals surface area contributed by atoms with E-state index >= 15 is 0 Å². The molecule has 0 radical (unpaired) electrons. The van der Waals surface area contributed by atoms with Crippen molar-refractivity contribution in [3.63, 3.8) is 0 Å². The van der Waals surface area contributed by atoms with Gasteiger partial charge in [0.25, 0.3) is 0 Å². The molecule has 0 heterocycles. The van der Waals surface area contributed by atoms with Crippen molar-refractivity contribution >= 4 is 16.0 Å². The number of allylic oxidation sites excluding steroid dienone is 1. The Hall–Kier alpha value is -1.66. The molecule has 2 bridgehead atoms. The Morgan fingerprint density at radius 3 is 2.73 bits per heavy atom. The summed E-state index contributed by atoms with van der Waals surface area (Å²) in [4.78, 5) is 10.9. The average molecular weight is 378 g/mol. The standard InChI is InChI=1S/C20H27NO4S/c1-14-7-5-6-9-18(14)26(24,25)21-20-16-12-11-15(13-16)17(20)8-3-2-4-10-19(22)23/h3,5-9,15-17,20-21H,2,4,10-13H2,1H3,(H,22,23)/b8-3-. The van der Waals surface area contributed by atoms with E-state index in [0.717, 1.165) is 31.2 Å². The minimum Gasteiger partial charge on any atom is -0.481 e. The van der Waals surface area contributed by atoms with Gasteiger partial charge in [0.05, 0.1) is 4.90 Å². The number of aryl methyl sites for hydroxylation is 1. The number of aliphatic carboxylic acids is 1. The van der Waals surface area contributed by atoms with Crippen molar-refractivity contribution in [2.24, 2.45) is 17.8 Å². The predicted octanol–water partition coefficient (Wildman–Crippen LogP) is 3.50. The van der Waals surface area contributed by atoms with Gasteiger partial charge in [-0.05, 0) is 68.4 Å². The lowest BCUT2D eigenvalue weighted by Gasteiger charge is -2.30. The van der Waals surface area contributed by atoms with Crippen molar-refractivity contribution in [3.8, 4) is 0 Å². The van der Waals surface area contributed by atoms with Crippen molar-refractivity contribution in [1.82, 2.24) is 4.72 Å². The van der Waals surface area contributed by atoms with E-state index in [1.165, 1.54) is 0 Å². The van der Waals surface area contributed by atoms with Gasteiger partial charge in [0.2, 0.25) is 10.0 Å². The van der Waals surface area contributed by atoms with Crippen molar-refractivity contribution < 1.29 is 18.3 Å². The van der Waals surface area contributed by atoms with E-state index in [4.69, 9.17) is 5.11 Å². The van der Waals surface area contributed by atoms with Crippen LogP contribution in [0.15, 0.2) is 41.3 Å². The molecule has 4 atom stereocenters. The van der Waals surface area contributed by atoms with Crippen LogP contribution in [0.4, 0.5) is 0 Å². The monoisotopic (exact) mass is 377 g/mol. The molecule has 2 aliphatic rings. The van der Waals surface area contributed by atoms with E-state index < -0.39 is 16.0 Å². The van der Waals surface area contributed by atoms with E-state index in [0.29, 0.717) is 23.2 Å².